The van der Waals surface area contributed by atoms with Gasteiger partial charge < -0.3 is 5.32 Å². The molecule has 0 bridgehead atoms. The quantitative estimate of drug-likeness (QED) is 0.840. The Morgan fingerprint density at radius 3 is 2.82 bits per heavy atom. The van der Waals surface area contributed by atoms with Crippen molar-refractivity contribution < 1.29 is 0 Å². The standard InChI is InChI=1S/C13H18Br2N2/c1-4-5-16-10(3)9(2)6-13-12(15)7-11(14)8-17-13/h6-8,10,16H,4-5H2,1-3H3. The first-order valence-corrected chi connectivity index (χ1v) is 7.35. The molecule has 17 heavy (non-hydrogen) atoms. The zero-order valence-corrected chi connectivity index (χ0v) is 13.6. The van der Waals surface area contributed by atoms with E-state index in [2.05, 4.69) is 69.0 Å². The third-order valence-electron chi connectivity index (χ3n) is 2.58. The molecule has 1 N–H and O–H groups in total. The van der Waals surface area contributed by atoms with E-state index in [-0.39, 0.29) is 0 Å². The summed E-state index contributed by atoms with van der Waals surface area (Å²) in [6.07, 6.45) is 5.08. The lowest BCUT2D eigenvalue weighted by molar-refractivity contribution is 0.604. The summed E-state index contributed by atoms with van der Waals surface area (Å²) in [5, 5.41) is 3.46. The summed E-state index contributed by atoms with van der Waals surface area (Å²) in [6, 6.07) is 2.39. The fourth-order valence-electron chi connectivity index (χ4n) is 1.39. The van der Waals surface area contributed by atoms with E-state index in [1.165, 1.54) is 5.57 Å². The molecule has 1 atom stereocenters. The number of halogens is 2. The van der Waals surface area contributed by atoms with Crippen LogP contribution in [-0.2, 0) is 0 Å². The molecule has 0 amide bonds. The van der Waals surface area contributed by atoms with Crippen LogP contribution < -0.4 is 5.32 Å². The minimum atomic E-state index is 0.382. The summed E-state index contributed by atoms with van der Waals surface area (Å²) in [6.45, 7) is 7.52. The van der Waals surface area contributed by atoms with Gasteiger partial charge in [-0.2, -0.15) is 0 Å². The van der Waals surface area contributed by atoms with E-state index in [0.29, 0.717) is 6.04 Å². The Morgan fingerprint density at radius 2 is 2.24 bits per heavy atom. The first-order valence-electron chi connectivity index (χ1n) is 5.77. The summed E-state index contributed by atoms with van der Waals surface area (Å²) in [5.74, 6) is 0. The molecule has 4 heteroatoms. The summed E-state index contributed by atoms with van der Waals surface area (Å²) in [5.41, 5.74) is 2.25. The molecule has 0 spiro atoms. The van der Waals surface area contributed by atoms with Crippen molar-refractivity contribution in [3.8, 4) is 0 Å². The molecule has 0 radical (unpaired) electrons. The van der Waals surface area contributed by atoms with Crippen LogP contribution in [0.2, 0.25) is 0 Å². The number of hydrogen-bond acceptors (Lipinski definition) is 2. The van der Waals surface area contributed by atoms with Crippen molar-refractivity contribution in [1.82, 2.24) is 10.3 Å². The van der Waals surface area contributed by atoms with Crippen LogP contribution >= 0.6 is 31.9 Å². The minimum Gasteiger partial charge on any atom is -0.311 e. The van der Waals surface area contributed by atoms with Gasteiger partial charge in [0, 0.05) is 21.2 Å². The van der Waals surface area contributed by atoms with Crippen molar-refractivity contribution in [3.05, 3.63) is 32.5 Å². The maximum atomic E-state index is 4.38. The van der Waals surface area contributed by atoms with Gasteiger partial charge in [0.15, 0.2) is 0 Å². The average Bonchev–Trinajstić information content (AvgIpc) is 2.29. The zero-order valence-electron chi connectivity index (χ0n) is 10.4. The molecular weight excluding hydrogens is 344 g/mol. The second-order valence-corrected chi connectivity index (χ2v) is 5.85. The molecule has 94 valence electrons. The highest BCUT2D eigenvalue weighted by Gasteiger charge is 2.05. The number of aromatic nitrogens is 1. The van der Waals surface area contributed by atoms with Crippen LogP contribution in [0.1, 0.15) is 32.9 Å². The van der Waals surface area contributed by atoms with Gasteiger partial charge in [0.25, 0.3) is 0 Å². The SMILES string of the molecule is CCCNC(C)C(C)=Cc1ncc(Br)cc1Br. The molecule has 2 nitrogen and oxygen atoms in total. The number of rotatable bonds is 5. The Kier molecular flexibility index (Phi) is 6.38. The molecule has 0 fully saturated rings. The van der Waals surface area contributed by atoms with Gasteiger partial charge >= 0.3 is 0 Å². The third kappa shape index (κ3) is 4.90. The summed E-state index contributed by atoms with van der Waals surface area (Å²) < 4.78 is 1.99. The summed E-state index contributed by atoms with van der Waals surface area (Å²) >= 11 is 6.92. The lowest BCUT2D eigenvalue weighted by atomic mass is 10.1. The van der Waals surface area contributed by atoms with Gasteiger partial charge in [0.1, 0.15) is 0 Å². The van der Waals surface area contributed by atoms with Crippen molar-refractivity contribution in [1.29, 1.82) is 0 Å². The lowest BCUT2D eigenvalue weighted by Crippen LogP contribution is -2.27. The smallest absolute Gasteiger partial charge is 0.0772 e. The van der Waals surface area contributed by atoms with E-state index < -0.39 is 0 Å². The molecule has 1 rings (SSSR count). The lowest BCUT2D eigenvalue weighted by Gasteiger charge is -2.14. The largest absolute Gasteiger partial charge is 0.311 e. The van der Waals surface area contributed by atoms with Gasteiger partial charge in [0.2, 0.25) is 0 Å². The fraction of sp³-hybridized carbons (Fsp3) is 0.462. The zero-order chi connectivity index (χ0) is 12.8. The molecule has 0 aliphatic rings. The molecule has 0 aromatic carbocycles. The molecule has 1 aromatic rings. The first kappa shape index (κ1) is 14.9. The van der Waals surface area contributed by atoms with Crippen LogP contribution in [-0.4, -0.2) is 17.6 Å². The highest BCUT2D eigenvalue weighted by molar-refractivity contribution is 9.11. The van der Waals surface area contributed by atoms with Gasteiger partial charge in [-0.15, -0.1) is 0 Å². The van der Waals surface area contributed by atoms with Gasteiger partial charge in [0.05, 0.1) is 5.69 Å². The van der Waals surface area contributed by atoms with Crippen LogP contribution in [0, 0.1) is 0 Å². The first-order chi connectivity index (χ1) is 8.04. The van der Waals surface area contributed by atoms with Crippen LogP contribution in [0.15, 0.2) is 26.8 Å². The van der Waals surface area contributed by atoms with Gasteiger partial charge in [-0.1, -0.05) is 12.5 Å². The molecular formula is C13H18Br2N2. The highest BCUT2D eigenvalue weighted by atomic mass is 79.9. The van der Waals surface area contributed by atoms with Gasteiger partial charge in [-0.25, -0.2) is 0 Å². The number of nitrogens with one attached hydrogen (secondary N) is 1. The summed E-state index contributed by atoms with van der Waals surface area (Å²) in [4.78, 5) is 4.38. The summed E-state index contributed by atoms with van der Waals surface area (Å²) in [7, 11) is 0. The van der Waals surface area contributed by atoms with Crippen LogP contribution in [0.25, 0.3) is 6.08 Å². The highest BCUT2D eigenvalue weighted by Crippen LogP contribution is 2.22. The van der Waals surface area contributed by atoms with E-state index in [1.54, 1.807) is 0 Å². The Morgan fingerprint density at radius 1 is 1.53 bits per heavy atom. The van der Waals surface area contributed by atoms with Crippen LogP contribution in [0.4, 0.5) is 0 Å². The molecule has 0 aliphatic carbocycles. The molecule has 1 aromatic heterocycles. The number of nitrogens with zero attached hydrogens (tertiary/aromatic N) is 1. The Hall–Kier alpha value is -0.190. The molecule has 0 aliphatic heterocycles. The Labute approximate surface area is 120 Å². The maximum Gasteiger partial charge on any atom is 0.0772 e. The minimum absolute atomic E-state index is 0.382. The normalized spacial score (nSPS) is 13.8. The van der Waals surface area contributed by atoms with E-state index >= 15 is 0 Å². The van der Waals surface area contributed by atoms with Crippen molar-refractivity contribution in [2.24, 2.45) is 0 Å². The Bertz CT molecular complexity index is 402. The number of hydrogen-bond donors (Lipinski definition) is 1. The van der Waals surface area contributed by atoms with E-state index in [4.69, 9.17) is 0 Å². The molecule has 1 heterocycles. The van der Waals surface area contributed by atoms with Crippen molar-refractivity contribution in [3.63, 3.8) is 0 Å². The predicted octanol–water partition coefficient (Wildman–Crippen LogP) is 4.40. The van der Waals surface area contributed by atoms with Gasteiger partial charge in [-0.3, -0.25) is 4.98 Å². The molecule has 0 saturated carbocycles. The topological polar surface area (TPSA) is 24.9 Å². The molecule has 1 unspecified atom stereocenters. The number of pyridine rings is 1. The monoisotopic (exact) mass is 360 g/mol. The van der Waals surface area contributed by atoms with Crippen LogP contribution in [0.3, 0.4) is 0 Å². The van der Waals surface area contributed by atoms with E-state index in [9.17, 15) is 0 Å². The van der Waals surface area contributed by atoms with Crippen molar-refractivity contribution >= 4 is 37.9 Å². The second-order valence-electron chi connectivity index (χ2n) is 4.08. The molecule has 0 saturated heterocycles. The van der Waals surface area contributed by atoms with E-state index in [0.717, 1.165) is 27.6 Å². The third-order valence-corrected chi connectivity index (χ3v) is 3.65. The average molecular weight is 362 g/mol. The van der Waals surface area contributed by atoms with E-state index in [1.807, 2.05) is 12.3 Å². The van der Waals surface area contributed by atoms with Gasteiger partial charge in [-0.05, 0) is 70.8 Å². The fourth-order valence-corrected chi connectivity index (χ4v) is 2.50. The maximum absolute atomic E-state index is 4.38. The predicted molar refractivity (Wildman–Crippen MR) is 81.0 cm³/mol. The Balaban J connectivity index is 2.79. The second kappa shape index (κ2) is 7.29. The van der Waals surface area contributed by atoms with Crippen LogP contribution in [0.5, 0.6) is 0 Å². The van der Waals surface area contributed by atoms with Crippen molar-refractivity contribution in [2.45, 2.75) is 33.2 Å². The van der Waals surface area contributed by atoms with Crippen molar-refractivity contribution in [2.75, 3.05) is 6.54 Å².